The zero-order valence-electron chi connectivity index (χ0n) is 13.8. The van der Waals surface area contributed by atoms with Crippen molar-refractivity contribution in [3.63, 3.8) is 0 Å². The first-order valence-corrected chi connectivity index (χ1v) is 8.14. The van der Waals surface area contributed by atoms with Crippen LogP contribution in [0.3, 0.4) is 0 Å². The van der Waals surface area contributed by atoms with Crippen molar-refractivity contribution in [3.8, 4) is 11.5 Å². The molecule has 0 aromatic heterocycles. The Balaban J connectivity index is 1.80. The van der Waals surface area contributed by atoms with Gasteiger partial charge in [0.25, 0.3) is 5.91 Å². The summed E-state index contributed by atoms with van der Waals surface area (Å²) in [7, 11) is 3.28. The molecule has 5 heteroatoms. The SMILES string of the molecule is COc1cc(CN(C(=O)C2=CCCNC2)C2CC2)cc(OC)c1. The van der Waals surface area contributed by atoms with Gasteiger partial charge in [-0.05, 0) is 43.5 Å². The summed E-state index contributed by atoms with van der Waals surface area (Å²) in [5, 5.41) is 3.27. The minimum absolute atomic E-state index is 0.154. The fourth-order valence-electron chi connectivity index (χ4n) is 2.90. The number of methoxy groups -OCH3 is 2. The molecule has 1 aliphatic heterocycles. The lowest BCUT2D eigenvalue weighted by atomic mass is 10.1. The Morgan fingerprint density at radius 2 is 1.91 bits per heavy atom. The van der Waals surface area contributed by atoms with E-state index in [-0.39, 0.29) is 5.91 Å². The molecule has 124 valence electrons. The number of carbonyl (C=O) groups excluding carboxylic acids is 1. The van der Waals surface area contributed by atoms with E-state index in [0.717, 1.165) is 48.4 Å². The summed E-state index contributed by atoms with van der Waals surface area (Å²) in [6, 6.07) is 6.15. The van der Waals surface area contributed by atoms with Crippen LogP contribution < -0.4 is 14.8 Å². The van der Waals surface area contributed by atoms with E-state index in [1.807, 2.05) is 23.1 Å². The molecule has 1 saturated carbocycles. The van der Waals surface area contributed by atoms with E-state index in [0.29, 0.717) is 19.1 Å². The molecule has 1 aromatic rings. The number of amides is 1. The third kappa shape index (κ3) is 3.85. The topological polar surface area (TPSA) is 50.8 Å². The lowest BCUT2D eigenvalue weighted by molar-refractivity contribution is -0.128. The Hall–Kier alpha value is -2.01. The summed E-state index contributed by atoms with van der Waals surface area (Å²) in [6.07, 6.45) is 5.17. The number of nitrogens with one attached hydrogen (secondary N) is 1. The third-order valence-corrected chi connectivity index (χ3v) is 4.31. The Morgan fingerprint density at radius 3 is 2.43 bits per heavy atom. The molecule has 1 heterocycles. The van der Waals surface area contributed by atoms with Crippen molar-refractivity contribution in [3.05, 3.63) is 35.4 Å². The number of ether oxygens (including phenoxy) is 2. The fraction of sp³-hybridized carbons (Fsp3) is 0.500. The van der Waals surface area contributed by atoms with Crippen LogP contribution in [0.25, 0.3) is 0 Å². The van der Waals surface area contributed by atoms with Gasteiger partial charge in [-0.25, -0.2) is 0 Å². The molecule has 0 bridgehead atoms. The Morgan fingerprint density at radius 1 is 1.22 bits per heavy atom. The summed E-state index contributed by atoms with van der Waals surface area (Å²) in [5.74, 6) is 1.66. The zero-order valence-corrected chi connectivity index (χ0v) is 13.8. The number of carbonyl (C=O) groups is 1. The summed E-state index contributed by atoms with van der Waals surface area (Å²) in [6.45, 7) is 2.21. The highest BCUT2D eigenvalue weighted by atomic mass is 16.5. The van der Waals surface area contributed by atoms with Gasteiger partial charge >= 0.3 is 0 Å². The van der Waals surface area contributed by atoms with Crippen LogP contribution in [0.5, 0.6) is 11.5 Å². The first-order chi connectivity index (χ1) is 11.2. The minimum atomic E-state index is 0.154. The summed E-state index contributed by atoms with van der Waals surface area (Å²) >= 11 is 0. The van der Waals surface area contributed by atoms with Crippen LogP contribution >= 0.6 is 0 Å². The van der Waals surface area contributed by atoms with Gasteiger partial charge in [0.1, 0.15) is 11.5 Å². The predicted molar refractivity (Wildman–Crippen MR) is 88.7 cm³/mol. The lowest BCUT2D eigenvalue weighted by Gasteiger charge is -2.26. The molecule has 1 amide bonds. The van der Waals surface area contributed by atoms with E-state index in [9.17, 15) is 4.79 Å². The molecular formula is C18H24N2O3. The number of rotatable bonds is 6. The Kier molecular flexibility index (Phi) is 4.86. The quantitative estimate of drug-likeness (QED) is 0.873. The molecule has 0 radical (unpaired) electrons. The molecule has 2 aliphatic rings. The Bertz CT molecular complexity index is 586. The minimum Gasteiger partial charge on any atom is -0.497 e. The van der Waals surface area contributed by atoms with E-state index in [1.165, 1.54) is 0 Å². The number of hydrogen-bond acceptors (Lipinski definition) is 4. The second-order valence-corrected chi connectivity index (χ2v) is 6.08. The molecule has 3 rings (SSSR count). The molecule has 1 aromatic carbocycles. The van der Waals surface area contributed by atoms with Crippen molar-refractivity contribution < 1.29 is 14.3 Å². The van der Waals surface area contributed by atoms with Crippen molar-refractivity contribution >= 4 is 5.91 Å². The number of hydrogen-bond donors (Lipinski definition) is 1. The highest BCUT2D eigenvalue weighted by molar-refractivity contribution is 5.94. The van der Waals surface area contributed by atoms with E-state index in [4.69, 9.17) is 9.47 Å². The summed E-state index contributed by atoms with van der Waals surface area (Å²) in [4.78, 5) is 14.8. The molecule has 1 N–H and O–H groups in total. The van der Waals surface area contributed by atoms with Gasteiger partial charge in [0.15, 0.2) is 0 Å². The summed E-state index contributed by atoms with van der Waals surface area (Å²) < 4.78 is 10.7. The van der Waals surface area contributed by atoms with Gasteiger partial charge in [0.2, 0.25) is 0 Å². The largest absolute Gasteiger partial charge is 0.497 e. The predicted octanol–water partition coefficient (Wildman–Crippen LogP) is 2.11. The second kappa shape index (κ2) is 7.04. The maximum absolute atomic E-state index is 12.8. The van der Waals surface area contributed by atoms with Gasteiger partial charge in [-0.2, -0.15) is 0 Å². The average molecular weight is 316 g/mol. The van der Waals surface area contributed by atoms with Crippen LogP contribution in [-0.4, -0.2) is 44.2 Å². The van der Waals surface area contributed by atoms with E-state index < -0.39 is 0 Å². The number of nitrogens with zero attached hydrogens (tertiary/aromatic N) is 1. The highest BCUT2D eigenvalue weighted by Gasteiger charge is 2.34. The fourth-order valence-corrected chi connectivity index (χ4v) is 2.90. The van der Waals surface area contributed by atoms with Gasteiger partial charge in [0, 0.05) is 30.8 Å². The lowest BCUT2D eigenvalue weighted by Crippen LogP contribution is -2.38. The van der Waals surface area contributed by atoms with Crippen molar-refractivity contribution in [2.45, 2.75) is 31.8 Å². The first kappa shape index (κ1) is 15.9. The molecule has 0 spiro atoms. The van der Waals surface area contributed by atoms with Crippen molar-refractivity contribution in [2.75, 3.05) is 27.3 Å². The molecule has 0 atom stereocenters. The second-order valence-electron chi connectivity index (χ2n) is 6.08. The molecular weight excluding hydrogens is 292 g/mol. The average Bonchev–Trinajstić information content (AvgIpc) is 3.44. The van der Waals surface area contributed by atoms with Crippen LogP contribution in [0.1, 0.15) is 24.8 Å². The first-order valence-electron chi connectivity index (χ1n) is 8.14. The molecule has 1 fully saturated rings. The molecule has 5 nitrogen and oxygen atoms in total. The standard InChI is InChI=1S/C18H24N2O3/c1-22-16-8-13(9-17(10-16)23-2)12-20(15-5-6-15)18(21)14-4-3-7-19-11-14/h4,8-10,15,19H,3,5-7,11-12H2,1-2H3. The van der Waals surface area contributed by atoms with Gasteiger partial charge in [-0.3, -0.25) is 4.79 Å². The van der Waals surface area contributed by atoms with Gasteiger partial charge < -0.3 is 19.7 Å². The van der Waals surface area contributed by atoms with Crippen LogP contribution in [0, 0.1) is 0 Å². The highest BCUT2D eigenvalue weighted by Crippen LogP contribution is 2.31. The Labute approximate surface area is 137 Å². The monoisotopic (exact) mass is 316 g/mol. The van der Waals surface area contributed by atoms with Crippen molar-refractivity contribution in [1.29, 1.82) is 0 Å². The summed E-state index contributed by atoms with van der Waals surface area (Å²) in [5.41, 5.74) is 1.92. The smallest absolute Gasteiger partial charge is 0.251 e. The van der Waals surface area contributed by atoms with E-state index >= 15 is 0 Å². The molecule has 23 heavy (non-hydrogen) atoms. The molecule has 1 aliphatic carbocycles. The van der Waals surface area contributed by atoms with Crippen LogP contribution in [0.2, 0.25) is 0 Å². The van der Waals surface area contributed by atoms with Gasteiger partial charge in [0.05, 0.1) is 14.2 Å². The molecule has 0 saturated heterocycles. The normalized spacial score (nSPS) is 17.4. The van der Waals surface area contributed by atoms with Crippen LogP contribution in [-0.2, 0) is 11.3 Å². The van der Waals surface area contributed by atoms with E-state index in [1.54, 1.807) is 14.2 Å². The van der Waals surface area contributed by atoms with Crippen molar-refractivity contribution in [2.24, 2.45) is 0 Å². The van der Waals surface area contributed by atoms with Crippen molar-refractivity contribution in [1.82, 2.24) is 10.2 Å². The maximum Gasteiger partial charge on any atom is 0.251 e. The zero-order chi connectivity index (χ0) is 16.2. The van der Waals surface area contributed by atoms with Gasteiger partial charge in [-0.1, -0.05) is 6.08 Å². The van der Waals surface area contributed by atoms with Crippen LogP contribution in [0.15, 0.2) is 29.8 Å². The van der Waals surface area contributed by atoms with Crippen LogP contribution in [0.4, 0.5) is 0 Å². The molecule has 0 unspecified atom stereocenters. The van der Waals surface area contributed by atoms with E-state index in [2.05, 4.69) is 11.4 Å². The number of benzene rings is 1. The van der Waals surface area contributed by atoms with Gasteiger partial charge in [-0.15, -0.1) is 0 Å². The third-order valence-electron chi connectivity index (χ3n) is 4.31. The maximum atomic E-state index is 12.8.